The molecule has 0 bridgehead atoms. The monoisotopic (exact) mass is 632 g/mol. The van der Waals surface area contributed by atoms with Gasteiger partial charge in [0, 0.05) is 51.4 Å². The molecular weight excluding hydrogens is 593 g/mol. The SMILES string of the molecule is Cc1ccc(S(=O)(=O)NC[C@@H](c2ccccc2)N2CCN([C@@H](CNS(=O)(=O)c3ccc(C)cc3)c3ccccc3)CC2)cc1. The molecule has 1 saturated heterocycles. The van der Waals surface area contributed by atoms with Crippen molar-refractivity contribution in [2.24, 2.45) is 0 Å². The molecule has 1 aliphatic heterocycles. The van der Waals surface area contributed by atoms with Gasteiger partial charge in [0.1, 0.15) is 0 Å². The fourth-order valence-electron chi connectivity index (χ4n) is 5.61. The van der Waals surface area contributed by atoms with Gasteiger partial charge in [0.25, 0.3) is 0 Å². The number of piperazine rings is 1. The Morgan fingerprint density at radius 3 is 1.16 bits per heavy atom. The lowest BCUT2D eigenvalue weighted by Gasteiger charge is -2.42. The lowest BCUT2D eigenvalue weighted by atomic mass is 10.0. The van der Waals surface area contributed by atoms with Crippen LogP contribution in [0.5, 0.6) is 0 Å². The minimum atomic E-state index is -3.68. The molecule has 4 aromatic rings. The van der Waals surface area contributed by atoms with Crippen molar-refractivity contribution in [3.63, 3.8) is 0 Å². The third kappa shape index (κ3) is 8.01. The molecule has 0 amide bonds. The molecule has 1 aliphatic rings. The Morgan fingerprint density at radius 1 is 0.523 bits per heavy atom. The van der Waals surface area contributed by atoms with Crippen LogP contribution in [0, 0.1) is 13.8 Å². The van der Waals surface area contributed by atoms with Crippen LogP contribution in [-0.4, -0.2) is 65.9 Å². The Bertz CT molecular complexity index is 1580. The number of sulfonamides is 2. The van der Waals surface area contributed by atoms with Crippen LogP contribution in [-0.2, 0) is 20.0 Å². The van der Waals surface area contributed by atoms with E-state index >= 15 is 0 Å². The van der Waals surface area contributed by atoms with Crippen LogP contribution in [0.4, 0.5) is 0 Å². The summed E-state index contributed by atoms with van der Waals surface area (Å²) >= 11 is 0. The van der Waals surface area contributed by atoms with E-state index in [-0.39, 0.29) is 35.0 Å². The van der Waals surface area contributed by atoms with Crippen molar-refractivity contribution in [2.75, 3.05) is 39.3 Å². The molecule has 0 saturated carbocycles. The predicted molar refractivity (Wildman–Crippen MR) is 174 cm³/mol. The Morgan fingerprint density at radius 2 is 0.841 bits per heavy atom. The van der Waals surface area contributed by atoms with Crippen molar-refractivity contribution in [2.45, 2.75) is 35.7 Å². The van der Waals surface area contributed by atoms with Crippen LogP contribution in [0.3, 0.4) is 0 Å². The summed E-state index contributed by atoms with van der Waals surface area (Å²) in [6, 6.07) is 33.3. The minimum Gasteiger partial charge on any atom is -0.292 e. The molecule has 10 heteroatoms. The molecule has 44 heavy (non-hydrogen) atoms. The van der Waals surface area contributed by atoms with E-state index < -0.39 is 20.0 Å². The lowest BCUT2D eigenvalue weighted by Crippen LogP contribution is -2.52. The first-order valence-electron chi connectivity index (χ1n) is 14.8. The van der Waals surface area contributed by atoms with E-state index in [2.05, 4.69) is 19.2 Å². The Kier molecular flexibility index (Phi) is 10.3. The van der Waals surface area contributed by atoms with Gasteiger partial charge in [0.15, 0.2) is 0 Å². The summed E-state index contributed by atoms with van der Waals surface area (Å²) in [5.41, 5.74) is 4.08. The van der Waals surface area contributed by atoms with Crippen LogP contribution in [0.15, 0.2) is 119 Å². The van der Waals surface area contributed by atoms with Crippen molar-refractivity contribution in [3.8, 4) is 0 Å². The Hall–Kier alpha value is -3.38. The van der Waals surface area contributed by atoms with Crippen LogP contribution in [0.2, 0.25) is 0 Å². The maximum atomic E-state index is 13.1. The zero-order valence-electron chi connectivity index (χ0n) is 25.1. The van der Waals surface area contributed by atoms with Gasteiger partial charge < -0.3 is 0 Å². The molecular formula is C34H40N4O4S2. The highest BCUT2D eigenvalue weighted by atomic mass is 32.2. The maximum Gasteiger partial charge on any atom is 0.240 e. The number of benzene rings is 4. The topological polar surface area (TPSA) is 98.8 Å². The molecule has 5 rings (SSSR count). The lowest BCUT2D eigenvalue weighted by molar-refractivity contribution is 0.0703. The van der Waals surface area contributed by atoms with E-state index in [9.17, 15) is 16.8 Å². The fraction of sp³-hybridized carbons (Fsp3) is 0.294. The molecule has 2 N–H and O–H groups in total. The fourth-order valence-corrected chi connectivity index (χ4v) is 7.68. The van der Waals surface area contributed by atoms with Gasteiger partial charge in [-0.2, -0.15) is 0 Å². The van der Waals surface area contributed by atoms with Gasteiger partial charge in [-0.1, -0.05) is 96.1 Å². The maximum absolute atomic E-state index is 13.1. The largest absolute Gasteiger partial charge is 0.292 e. The molecule has 8 nitrogen and oxygen atoms in total. The van der Waals surface area contributed by atoms with Gasteiger partial charge in [-0.25, -0.2) is 26.3 Å². The minimum absolute atomic E-state index is 0.159. The Balaban J connectivity index is 1.30. The van der Waals surface area contributed by atoms with Crippen molar-refractivity contribution in [1.29, 1.82) is 0 Å². The highest BCUT2D eigenvalue weighted by molar-refractivity contribution is 7.89. The zero-order valence-corrected chi connectivity index (χ0v) is 26.8. The molecule has 232 valence electrons. The van der Waals surface area contributed by atoms with Crippen molar-refractivity contribution in [1.82, 2.24) is 19.2 Å². The molecule has 0 radical (unpaired) electrons. The first kappa shape index (κ1) is 32.0. The van der Waals surface area contributed by atoms with Crippen LogP contribution in [0.25, 0.3) is 0 Å². The van der Waals surface area contributed by atoms with E-state index in [0.29, 0.717) is 26.2 Å². The predicted octanol–water partition coefficient (Wildman–Crippen LogP) is 4.66. The molecule has 4 aromatic carbocycles. The number of rotatable bonds is 12. The number of aryl methyl sites for hydroxylation is 2. The van der Waals surface area contributed by atoms with Gasteiger partial charge in [-0.3, -0.25) is 9.80 Å². The smallest absolute Gasteiger partial charge is 0.240 e. The van der Waals surface area contributed by atoms with E-state index in [0.717, 1.165) is 22.3 Å². The summed E-state index contributed by atoms with van der Waals surface area (Å²) in [5.74, 6) is 0. The molecule has 0 aliphatic carbocycles. The summed E-state index contributed by atoms with van der Waals surface area (Å²) in [6.45, 7) is 7.10. The molecule has 0 unspecified atom stereocenters. The first-order valence-corrected chi connectivity index (χ1v) is 17.8. The molecule has 1 fully saturated rings. The van der Waals surface area contributed by atoms with E-state index in [1.807, 2.05) is 74.5 Å². The van der Waals surface area contributed by atoms with Crippen molar-refractivity contribution in [3.05, 3.63) is 131 Å². The summed E-state index contributed by atoms with van der Waals surface area (Å²) in [5, 5.41) is 0. The number of hydrogen-bond acceptors (Lipinski definition) is 6. The normalized spacial score (nSPS) is 16.4. The van der Waals surface area contributed by atoms with Gasteiger partial charge in [0.2, 0.25) is 20.0 Å². The summed E-state index contributed by atoms with van der Waals surface area (Å²) < 4.78 is 58.2. The molecule has 0 spiro atoms. The quantitative estimate of drug-likeness (QED) is 0.236. The number of hydrogen-bond donors (Lipinski definition) is 2. The Labute approximate surface area is 261 Å². The highest BCUT2D eigenvalue weighted by Gasteiger charge is 2.31. The third-order valence-corrected chi connectivity index (χ3v) is 11.1. The summed E-state index contributed by atoms with van der Waals surface area (Å²) in [6.07, 6.45) is 0. The van der Waals surface area contributed by atoms with E-state index in [1.54, 1.807) is 48.5 Å². The number of nitrogens with one attached hydrogen (secondary N) is 2. The van der Waals surface area contributed by atoms with Gasteiger partial charge in [0.05, 0.1) is 9.79 Å². The summed E-state index contributed by atoms with van der Waals surface area (Å²) in [4.78, 5) is 5.11. The second-order valence-corrected chi connectivity index (χ2v) is 14.8. The average molecular weight is 633 g/mol. The van der Waals surface area contributed by atoms with E-state index in [4.69, 9.17) is 0 Å². The third-order valence-electron chi connectivity index (χ3n) is 8.20. The van der Waals surface area contributed by atoms with Crippen molar-refractivity contribution >= 4 is 20.0 Å². The second kappa shape index (κ2) is 14.2. The van der Waals surface area contributed by atoms with Crippen molar-refractivity contribution < 1.29 is 16.8 Å². The van der Waals surface area contributed by atoms with Crippen LogP contribution in [0.1, 0.15) is 34.3 Å². The zero-order chi connectivity index (χ0) is 31.2. The highest BCUT2D eigenvalue weighted by Crippen LogP contribution is 2.27. The van der Waals surface area contributed by atoms with Crippen LogP contribution < -0.4 is 9.44 Å². The van der Waals surface area contributed by atoms with Gasteiger partial charge in [-0.15, -0.1) is 0 Å². The summed E-state index contributed by atoms with van der Waals surface area (Å²) in [7, 11) is -7.36. The second-order valence-electron chi connectivity index (χ2n) is 11.3. The van der Waals surface area contributed by atoms with Gasteiger partial charge >= 0.3 is 0 Å². The van der Waals surface area contributed by atoms with Gasteiger partial charge in [-0.05, 0) is 49.2 Å². The van der Waals surface area contributed by atoms with E-state index in [1.165, 1.54) is 0 Å². The molecule has 1 heterocycles. The molecule has 2 atom stereocenters. The van der Waals surface area contributed by atoms with Crippen LogP contribution >= 0.6 is 0 Å². The first-order chi connectivity index (χ1) is 21.1. The average Bonchev–Trinajstić information content (AvgIpc) is 3.03. The number of nitrogens with zero attached hydrogens (tertiary/aromatic N) is 2. The standard InChI is InChI=1S/C34H40N4O4S2/c1-27-13-17-31(18-14-27)43(39,40)35-25-33(29-9-5-3-6-10-29)37-21-23-38(24-22-37)34(30-11-7-4-8-12-30)26-36-44(41,42)32-19-15-28(2)16-20-32/h3-20,33-36H,21-26H2,1-2H3/t33-,34-/m0/s1. The molecule has 0 aromatic heterocycles.